The molecular formula is C11H16N4O8. The van der Waals surface area contributed by atoms with Gasteiger partial charge in [-0.1, -0.05) is 0 Å². The van der Waals surface area contributed by atoms with E-state index >= 15 is 0 Å². The molecule has 1 heterocycles. The quantitative estimate of drug-likeness (QED) is 0.405. The van der Waals surface area contributed by atoms with Gasteiger partial charge in [0.1, 0.15) is 21.9 Å². The fraction of sp³-hybridized carbons (Fsp3) is 1.00. The lowest BCUT2D eigenvalue weighted by Crippen LogP contribution is -2.63. The Hall–Kier alpha value is -1.92. The van der Waals surface area contributed by atoms with Crippen LogP contribution in [0.25, 0.3) is 0 Å². The maximum Gasteiger partial charge on any atom is 0.569 e. The lowest BCUT2D eigenvalue weighted by molar-refractivity contribution is -0.854. The molecule has 2 aliphatic carbocycles. The molecule has 1 saturated heterocycles. The van der Waals surface area contributed by atoms with Crippen LogP contribution >= 0.6 is 0 Å². The Morgan fingerprint density at radius 3 is 2.09 bits per heavy atom. The van der Waals surface area contributed by atoms with Crippen molar-refractivity contribution in [3.8, 4) is 0 Å². The molecule has 1 aliphatic heterocycles. The summed E-state index contributed by atoms with van der Waals surface area (Å²) in [6.45, 7) is 1.41. The highest BCUT2D eigenvalue weighted by Crippen LogP contribution is 2.52. The maximum absolute atomic E-state index is 11.4. The van der Waals surface area contributed by atoms with Gasteiger partial charge in [0, 0.05) is 11.3 Å². The summed E-state index contributed by atoms with van der Waals surface area (Å²) in [6.07, 6.45) is 1.70. The van der Waals surface area contributed by atoms with Crippen LogP contribution in [0.1, 0.15) is 45.4 Å². The Labute approximate surface area is 129 Å². The summed E-state index contributed by atoms with van der Waals surface area (Å²) in [4.78, 5) is 42.0. The van der Waals surface area contributed by atoms with Crippen molar-refractivity contribution in [1.82, 2.24) is 5.23 Å². The van der Waals surface area contributed by atoms with E-state index in [1.807, 2.05) is 0 Å². The number of hydroxylamine groups is 2. The second-order valence-corrected chi connectivity index (χ2v) is 6.59. The largest absolute Gasteiger partial charge is 0.569 e. The second kappa shape index (κ2) is 4.79. The van der Waals surface area contributed by atoms with E-state index in [4.69, 9.17) is 9.68 Å². The highest BCUT2D eigenvalue weighted by atomic mass is 17.0. The molecule has 2 saturated carbocycles. The Balaban J connectivity index is 1.90. The second-order valence-electron chi connectivity index (χ2n) is 6.59. The first-order valence-corrected chi connectivity index (χ1v) is 7.26. The number of hydrogen-bond donors (Lipinski definition) is 0. The Morgan fingerprint density at radius 2 is 1.74 bits per heavy atom. The lowest BCUT2D eigenvalue weighted by atomic mass is 9.76. The average molecular weight is 332 g/mol. The van der Waals surface area contributed by atoms with Crippen molar-refractivity contribution in [3.63, 3.8) is 0 Å². The van der Waals surface area contributed by atoms with Crippen molar-refractivity contribution in [2.24, 2.45) is 0 Å². The zero-order valence-electron chi connectivity index (χ0n) is 12.4. The molecule has 1 spiro atoms. The van der Waals surface area contributed by atoms with Gasteiger partial charge in [0.05, 0.1) is 5.23 Å². The van der Waals surface area contributed by atoms with Gasteiger partial charge in [-0.25, -0.2) is 4.84 Å². The van der Waals surface area contributed by atoms with Crippen molar-refractivity contribution in [2.45, 2.75) is 68.5 Å². The van der Waals surface area contributed by atoms with E-state index in [9.17, 15) is 30.3 Å². The van der Waals surface area contributed by atoms with Gasteiger partial charge in [0.25, 0.3) is 0 Å². The molecule has 0 aromatic heterocycles. The first-order chi connectivity index (χ1) is 10.7. The first-order valence-electron chi connectivity index (χ1n) is 7.26. The molecule has 0 bridgehead atoms. The van der Waals surface area contributed by atoms with Crippen LogP contribution in [-0.4, -0.2) is 43.0 Å². The third kappa shape index (κ3) is 2.09. The van der Waals surface area contributed by atoms with Gasteiger partial charge in [0.2, 0.25) is 6.04 Å². The van der Waals surface area contributed by atoms with E-state index in [1.54, 1.807) is 0 Å². The van der Waals surface area contributed by atoms with E-state index in [0.717, 1.165) is 6.42 Å². The minimum Gasteiger partial charge on any atom is -0.264 e. The van der Waals surface area contributed by atoms with Crippen molar-refractivity contribution in [3.05, 3.63) is 30.3 Å². The minimum atomic E-state index is -2.78. The van der Waals surface area contributed by atoms with Gasteiger partial charge in [-0.15, -0.1) is 0 Å². The third-order valence-electron chi connectivity index (χ3n) is 5.14. The van der Waals surface area contributed by atoms with E-state index in [1.165, 1.54) is 6.92 Å². The van der Waals surface area contributed by atoms with Crippen LogP contribution in [0.2, 0.25) is 0 Å². The zero-order valence-corrected chi connectivity index (χ0v) is 12.4. The van der Waals surface area contributed by atoms with Gasteiger partial charge in [0.15, 0.2) is 5.60 Å². The molecular weight excluding hydrogens is 316 g/mol. The smallest absolute Gasteiger partial charge is 0.264 e. The Bertz CT molecular complexity index is 564. The van der Waals surface area contributed by atoms with Crippen LogP contribution in [0.5, 0.6) is 0 Å². The molecule has 2 unspecified atom stereocenters. The summed E-state index contributed by atoms with van der Waals surface area (Å²) in [7, 11) is 0. The fourth-order valence-corrected chi connectivity index (χ4v) is 3.34. The third-order valence-corrected chi connectivity index (χ3v) is 5.14. The summed E-state index contributed by atoms with van der Waals surface area (Å²) in [5, 5.41) is 34.2. The summed E-state index contributed by atoms with van der Waals surface area (Å²) in [5.74, 6) is -2.78. The Kier molecular flexibility index (Phi) is 3.32. The fourth-order valence-electron chi connectivity index (χ4n) is 3.34. The van der Waals surface area contributed by atoms with Gasteiger partial charge in [-0.3, -0.25) is 35.2 Å². The van der Waals surface area contributed by atoms with Crippen molar-refractivity contribution < 1.29 is 24.4 Å². The van der Waals surface area contributed by atoms with Crippen LogP contribution in [0.4, 0.5) is 0 Å². The molecule has 0 radical (unpaired) electrons. The topological polar surface area (TPSA) is 151 Å². The molecule has 128 valence electrons. The van der Waals surface area contributed by atoms with E-state index in [0.29, 0.717) is 18.1 Å². The molecule has 2 atom stereocenters. The predicted molar refractivity (Wildman–Crippen MR) is 70.3 cm³/mol. The van der Waals surface area contributed by atoms with E-state index in [2.05, 4.69) is 0 Å². The van der Waals surface area contributed by atoms with Gasteiger partial charge >= 0.3 is 5.79 Å². The molecule has 0 amide bonds. The molecule has 12 nitrogen and oxygen atoms in total. The van der Waals surface area contributed by atoms with Gasteiger partial charge < -0.3 is 0 Å². The summed E-state index contributed by atoms with van der Waals surface area (Å²) in [5.41, 5.74) is -2.36. The predicted octanol–water partition coefficient (Wildman–Crippen LogP) is 0.883. The monoisotopic (exact) mass is 332 g/mol. The van der Waals surface area contributed by atoms with E-state index < -0.39 is 44.2 Å². The Morgan fingerprint density at radius 1 is 1.13 bits per heavy atom. The first kappa shape index (κ1) is 16.0. The molecule has 0 N–H and O–H groups in total. The van der Waals surface area contributed by atoms with Crippen molar-refractivity contribution in [1.29, 1.82) is 0 Å². The molecule has 3 fully saturated rings. The van der Waals surface area contributed by atoms with Crippen molar-refractivity contribution >= 4 is 0 Å². The van der Waals surface area contributed by atoms with Crippen LogP contribution < -0.4 is 0 Å². The summed E-state index contributed by atoms with van der Waals surface area (Å²) in [6, 6.07) is -1.08. The van der Waals surface area contributed by atoms with E-state index in [-0.39, 0.29) is 12.8 Å². The highest BCUT2D eigenvalue weighted by molar-refractivity contribution is 4.98. The SMILES string of the molecule is CC1(ON2OC3(CCC3)CC2([N+](=O)[O-])[N+](=O)[O-])CCC1[N+](=O)[O-]. The zero-order chi connectivity index (χ0) is 17.0. The lowest BCUT2D eigenvalue weighted by Gasteiger charge is -2.41. The normalized spacial score (nSPS) is 34.6. The van der Waals surface area contributed by atoms with Crippen LogP contribution in [0, 0.1) is 30.3 Å². The van der Waals surface area contributed by atoms with Crippen LogP contribution in [0.3, 0.4) is 0 Å². The molecule has 12 heteroatoms. The number of hydrogen-bond acceptors (Lipinski definition) is 9. The summed E-state index contributed by atoms with van der Waals surface area (Å²) < 4.78 is 0. The van der Waals surface area contributed by atoms with Crippen LogP contribution in [0.15, 0.2) is 0 Å². The molecule has 23 heavy (non-hydrogen) atoms. The molecule has 3 rings (SSSR count). The average Bonchev–Trinajstić information content (AvgIpc) is 2.73. The summed E-state index contributed by atoms with van der Waals surface area (Å²) >= 11 is 0. The molecule has 0 aromatic carbocycles. The maximum atomic E-state index is 11.4. The van der Waals surface area contributed by atoms with Crippen molar-refractivity contribution in [2.75, 3.05) is 0 Å². The standard InChI is InChI=1S/C11H16N4O8/c1-9(6-3-8(9)12(16)17)22-15-11(13(18)19,14(20)21)7-10(23-15)4-2-5-10/h8H,2-7H2,1H3. The number of nitrogens with zero attached hydrogens (tertiary/aromatic N) is 4. The number of nitro groups is 3. The molecule has 0 aromatic rings. The van der Waals surface area contributed by atoms with Crippen LogP contribution in [-0.2, 0) is 9.68 Å². The number of rotatable bonds is 5. The van der Waals surface area contributed by atoms with Gasteiger partial charge in [-0.05, 0) is 32.6 Å². The minimum absolute atomic E-state index is 0.242. The molecule has 3 aliphatic rings. The highest BCUT2D eigenvalue weighted by Gasteiger charge is 2.77. The van der Waals surface area contributed by atoms with Gasteiger partial charge in [-0.2, -0.15) is 0 Å².